The molecule has 3 N–H and O–H groups in total. The summed E-state index contributed by atoms with van der Waals surface area (Å²) in [5.41, 5.74) is 2.35. The minimum Gasteiger partial charge on any atom is -0.476 e. The first-order chi connectivity index (χ1) is 7.19. The Morgan fingerprint density at radius 2 is 2.27 bits per heavy atom. The highest BCUT2D eigenvalue weighted by molar-refractivity contribution is 6.36. The predicted molar refractivity (Wildman–Crippen MR) is 62.4 cm³/mol. The summed E-state index contributed by atoms with van der Waals surface area (Å²) in [5.74, 6) is 5.84. The first kappa shape index (κ1) is 12.1. The Kier molecular flexibility index (Phi) is 4.68. The van der Waals surface area contributed by atoms with Gasteiger partial charge in [0.2, 0.25) is 5.88 Å². The number of ether oxygens (including phenoxy) is 1. The van der Waals surface area contributed by atoms with Crippen LogP contribution in [0.2, 0.25) is 10.0 Å². The van der Waals surface area contributed by atoms with Crippen LogP contribution in [-0.4, -0.2) is 11.6 Å². The van der Waals surface area contributed by atoms with Crippen LogP contribution < -0.4 is 16.0 Å². The van der Waals surface area contributed by atoms with Gasteiger partial charge in [0.1, 0.15) is 5.02 Å². The molecule has 1 heterocycles. The normalized spacial score (nSPS) is 9.80. The number of hydrogen-bond acceptors (Lipinski definition) is 4. The zero-order chi connectivity index (χ0) is 11.3. The lowest BCUT2D eigenvalue weighted by Gasteiger charge is -2.08. The van der Waals surface area contributed by atoms with Crippen molar-refractivity contribution in [3.63, 3.8) is 0 Å². The summed E-state index contributed by atoms with van der Waals surface area (Å²) in [5, 5.41) is 0.696. The summed E-state index contributed by atoms with van der Waals surface area (Å²) in [4.78, 5) is 4.01. The maximum atomic E-state index is 5.87. The van der Waals surface area contributed by atoms with Gasteiger partial charge >= 0.3 is 0 Å². The maximum Gasteiger partial charge on any atom is 0.234 e. The second-order valence-corrected chi connectivity index (χ2v) is 3.49. The van der Waals surface area contributed by atoms with Crippen molar-refractivity contribution in [2.75, 3.05) is 12.0 Å². The van der Waals surface area contributed by atoms with Crippen LogP contribution >= 0.6 is 23.2 Å². The number of nitrogens with two attached hydrogens (primary N) is 1. The number of nitrogens with zero attached hydrogens (tertiary/aromatic N) is 1. The molecule has 0 radical (unpaired) electrons. The third-order valence-corrected chi connectivity index (χ3v) is 2.15. The minimum absolute atomic E-state index is 0.302. The van der Waals surface area contributed by atoms with Crippen molar-refractivity contribution in [1.82, 2.24) is 4.98 Å². The van der Waals surface area contributed by atoms with Gasteiger partial charge in [-0.1, -0.05) is 29.3 Å². The number of pyridine rings is 1. The molecule has 0 aliphatic carbocycles. The standard InChI is InChI=1S/C9H11Cl2N3O/c1-2-3-4-15-9-7(11)5-6(10)8(13-9)14-12/h2,5H,1,3-4,12H2,(H,13,14). The Balaban J connectivity index is 2.82. The smallest absolute Gasteiger partial charge is 0.234 e. The van der Waals surface area contributed by atoms with Gasteiger partial charge in [0.25, 0.3) is 0 Å². The third kappa shape index (κ3) is 3.27. The van der Waals surface area contributed by atoms with Crippen molar-refractivity contribution in [1.29, 1.82) is 0 Å². The molecule has 6 heteroatoms. The highest BCUT2D eigenvalue weighted by atomic mass is 35.5. The number of anilines is 1. The number of hydrazine groups is 1. The lowest BCUT2D eigenvalue weighted by Crippen LogP contribution is -2.10. The molecule has 0 atom stereocenters. The van der Waals surface area contributed by atoms with Crippen LogP contribution in [0.25, 0.3) is 0 Å². The van der Waals surface area contributed by atoms with Crippen molar-refractivity contribution in [3.05, 3.63) is 28.8 Å². The van der Waals surface area contributed by atoms with Crippen molar-refractivity contribution in [3.8, 4) is 5.88 Å². The first-order valence-corrected chi connectivity index (χ1v) is 5.01. The zero-order valence-corrected chi connectivity index (χ0v) is 9.48. The van der Waals surface area contributed by atoms with Gasteiger partial charge in [0.05, 0.1) is 11.6 Å². The van der Waals surface area contributed by atoms with Crippen molar-refractivity contribution >= 4 is 29.0 Å². The number of aromatic nitrogens is 1. The van der Waals surface area contributed by atoms with E-state index >= 15 is 0 Å². The minimum atomic E-state index is 0.302. The van der Waals surface area contributed by atoms with E-state index in [1.165, 1.54) is 6.07 Å². The van der Waals surface area contributed by atoms with E-state index in [0.29, 0.717) is 34.8 Å². The van der Waals surface area contributed by atoms with Gasteiger partial charge in [-0.2, -0.15) is 4.98 Å². The Hall–Kier alpha value is -0.970. The lowest BCUT2D eigenvalue weighted by molar-refractivity contribution is 0.313. The van der Waals surface area contributed by atoms with Gasteiger partial charge in [0, 0.05) is 0 Å². The highest BCUT2D eigenvalue weighted by Crippen LogP contribution is 2.30. The monoisotopic (exact) mass is 247 g/mol. The molecular formula is C9H11Cl2N3O. The lowest BCUT2D eigenvalue weighted by atomic mass is 10.4. The Morgan fingerprint density at radius 1 is 1.53 bits per heavy atom. The summed E-state index contributed by atoms with van der Waals surface area (Å²) in [7, 11) is 0. The molecule has 0 unspecified atom stereocenters. The molecule has 0 aromatic carbocycles. The fraction of sp³-hybridized carbons (Fsp3) is 0.222. The van der Waals surface area contributed by atoms with Crippen LogP contribution in [0.3, 0.4) is 0 Å². The van der Waals surface area contributed by atoms with Gasteiger partial charge in [-0.05, 0) is 12.5 Å². The maximum absolute atomic E-state index is 5.87. The number of nitrogen functional groups attached to an aromatic ring is 1. The van der Waals surface area contributed by atoms with E-state index in [-0.39, 0.29) is 0 Å². The SMILES string of the molecule is C=CCCOc1nc(NN)c(Cl)cc1Cl. The van der Waals surface area contributed by atoms with Crippen molar-refractivity contribution in [2.24, 2.45) is 5.84 Å². The molecule has 0 amide bonds. The Labute approximate surface area is 98.0 Å². The highest BCUT2D eigenvalue weighted by Gasteiger charge is 2.09. The second-order valence-electron chi connectivity index (χ2n) is 2.68. The predicted octanol–water partition coefficient (Wildman–Crippen LogP) is 2.63. The molecule has 0 saturated carbocycles. The van der Waals surface area contributed by atoms with Crippen LogP contribution in [0.4, 0.5) is 5.82 Å². The molecule has 1 aromatic rings. The number of hydrogen-bond donors (Lipinski definition) is 2. The van der Waals surface area contributed by atoms with Gasteiger partial charge < -0.3 is 10.2 Å². The fourth-order valence-corrected chi connectivity index (χ4v) is 1.36. The van der Waals surface area contributed by atoms with Gasteiger partial charge in [-0.25, -0.2) is 5.84 Å². The van der Waals surface area contributed by atoms with E-state index in [2.05, 4.69) is 17.0 Å². The topological polar surface area (TPSA) is 60.2 Å². The van der Waals surface area contributed by atoms with Crippen molar-refractivity contribution in [2.45, 2.75) is 6.42 Å². The molecule has 4 nitrogen and oxygen atoms in total. The van der Waals surface area contributed by atoms with E-state index < -0.39 is 0 Å². The quantitative estimate of drug-likeness (QED) is 0.364. The molecule has 15 heavy (non-hydrogen) atoms. The average Bonchev–Trinajstić information content (AvgIpc) is 2.21. The molecule has 1 aromatic heterocycles. The van der Waals surface area contributed by atoms with Crippen LogP contribution in [0.15, 0.2) is 18.7 Å². The molecule has 0 bridgehead atoms. The van der Waals surface area contributed by atoms with Crippen molar-refractivity contribution < 1.29 is 4.74 Å². The summed E-state index contributed by atoms with van der Waals surface area (Å²) < 4.78 is 5.31. The van der Waals surface area contributed by atoms with Crippen LogP contribution in [-0.2, 0) is 0 Å². The molecule has 0 aliphatic heterocycles. The van der Waals surface area contributed by atoms with Crippen LogP contribution in [0.5, 0.6) is 5.88 Å². The molecule has 82 valence electrons. The van der Waals surface area contributed by atoms with Crippen LogP contribution in [0.1, 0.15) is 6.42 Å². The van der Waals surface area contributed by atoms with E-state index in [9.17, 15) is 0 Å². The van der Waals surface area contributed by atoms with E-state index in [1.54, 1.807) is 6.08 Å². The van der Waals surface area contributed by atoms with E-state index in [4.69, 9.17) is 33.8 Å². The van der Waals surface area contributed by atoms with Gasteiger partial charge in [-0.15, -0.1) is 6.58 Å². The number of nitrogens with one attached hydrogen (secondary N) is 1. The molecule has 0 saturated heterocycles. The van der Waals surface area contributed by atoms with E-state index in [1.807, 2.05) is 0 Å². The number of rotatable bonds is 5. The Morgan fingerprint density at radius 3 is 2.87 bits per heavy atom. The number of halogens is 2. The second kappa shape index (κ2) is 5.80. The Bertz CT molecular complexity index is 357. The van der Waals surface area contributed by atoms with Gasteiger partial charge in [-0.3, -0.25) is 0 Å². The summed E-state index contributed by atoms with van der Waals surface area (Å²) in [6.45, 7) is 4.04. The summed E-state index contributed by atoms with van der Waals surface area (Å²) >= 11 is 11.7. The van der Waals surface area contributed by atoms with Crippen LogP contribution in [0, 0.1) is 0 Å². The summed E-state index contributed by atoms with van der Waals surface area (Å²) in [6.07, 6.45) is 2.46. The average molecular weight is 248 g/mol. The third-order valence-electron chi connectivity index (χ3n) is 1.59. The molecular weight excluding hydrogens is 237 g/mol. The fourth-order valence-electron chi connectivity index (χ4n) is 0.891. The van der Waals surface area contributed by atoms with E-state index in [0.717, 1.165) is 0 Å². The largest absolute Gasteiger partial charge is 0.476 e. The molecule has 0 aliphatic rings. The first-order valence-electron chi connectivity index (χ1n) is 4.25. The molecule has 0 spiro atoms. The molecule has 0 fully saturated rings. The molecule has 1 rings (SSSR count). The van der Waals surface area contributed by atoms with Gasteiger partial charge in [0.15, 0.2) is 5.82 Å². The zero-order valence-electron chi connectivity index (χ0n) is 7.96. The summed E-state index contributed by atoms with van der Waals surface area (Å²) in [6, 6.07) is 1.52.